The van der Waals surface area contributed by atoms with Gasteiger partial charge in [-0.05, 0) is 43.0 Å². The SMILES string of the molecule is CC1CCN(c2ccc(N3CCN(S(=O)(=O)c4cccnc4)CC3)nn2)CC1. The number of rotatable bonds is 4. The van der Waals surface area contributed by atoms with Crippen LogP contribution in [-0.2, 0) is 10.0 Å². The molecule has 0 spiro atoms. The second-order valence-corrected chi connectivity index (χ2v) is 9.44. The maximum absolute atomic E-state index is 12.7. The summed E-state index contributed by atoms with van der Waals surface area (Å²) in [5.41, 5.74) is 0. The summed E-state index contributed by atoms with van der Waals surface area (Å²) in [7, 11) is -3.49. The smallest absolute Gasteiger partial charge is 0.244 e. The number of anilines is 2. The molecule has 0 bridgehead atoms. The van der Waals surface area contributed by atoms with Crippen LogP contribution in [0.1, 0.15) is 19.8 Å². The molecular formula is C19H26N6O2S. The molecule has 4 rings (SSSR count). The van der Waals surface area contributed by atoms with E-state index >= 15 is 0 Å². The Hall–Kier alpha value is -2.26. The fraction of sp³-hybridized carbons (Fsp3) is 0.526. The van der Waals surface area contributed by atoms with Crippen LogP contribution in [0.3, 0.4) is 0 Å². The third-order valence-corrected chi connectivity index (χ3v) is 7.46. The average Bonchev–Trinajstić information content (AvgIpc) is 2.75. The van der Waals surface area contributed by atoms with E-state index in [1.807, 2.05) is 12.1 Å². The van der Waals surface area contributed by atoms with E-state index in [0.29, 0.717) is 26.2 Å². The molecule has 0 atom stereocenters. The molecule has 2 aromatic heterocycles. The van der Waals surface area contributed by atoms with E-state index in [9.17, 15) is 8.42 Å². The van der Waals surface area contributed by atoms with Gasteiger partial charge < -0.3 is 9.80 Å². The van der Waals surface area contributed by atoms with Gasteiger partial charge >= 0.3 is 0 Å². The second kappa shape index (κ2) is 8.00. The van der Waals surface area contributed by atoms with E-state index in [0.717, 1.165) is 30.6 Å². The molecule has 0 N–H and O–H groups in total. The average molecular weight is 403 g/mol. The van der Waals surface area contributed by atoms with Gasteiger partial charge in [0.2, 0.25) is 10.0 Å². The predicted molar refractivity (Wildman–Crippen MR) is 108 cm³/mol. The fourth-order valence-corrected chi connectivity index (χ4v) is 5.09. The topological polar surface area (TPSA) is 82.5 Å². The number of hydrogen-bond acceptors (Lipinski definition) is 7. The highest BCUT2D eigenvalue weighted by molar-refractivity contribution is 7.89. The van der Waals surface area contributed by atoms with E-state index in [2.05, 4.69) is 31.9 Å². The number of hydrogen-bond donors (Lipinski definition) is 0. The van der Waals surface area contributed by atoms with Crippen LogP contribution in [0, 0.1) is 5.92 Å². The Morgan fingerprint density at radius 2 is 1.50 bits per heavy atom. The van der Waals surface area contributed by atoms with Crippen molar-refractivity contribution in [2.24, 2.45) is 5.92 Å². The summed E-state index contributed by atoms with van der Waals surface area (Å²) in [6.07, 6.45) is 5.35. The molecule has 8 nitrogen and oxygen atoms in total. The van der Waals surface area contributed by atoms with Crippen molar-refractivity contribution < 1.29 is 8.42 Å². The molecule has 0 aromatic carbocycles. The lowest BCUT2D eigenvalue weighted by molar-refractivity contribution is 0.383. The van der Waals surface area contributed by atoms with Crippen molar-refractivity contribution in [1.29, 1.82) is 0 Å². The summed E-state index contributed by atoms with van der Waals surface area (Å²) in [6, 6.07) is 7.24. The molecule has 2 saturated heterocycles. The van der Waals surface area contributed by atoms with Gasteiger partial charge in [0.1, 0.15) is 4.90 Å². The summed E-state index contributed by atoms with van der Waals surface area (Å²) in [5, 5.41) is 8.81. The molecule has 2 aliphatic rings. The molecule has 0 radical (unpaired) electrons. The lowest BCUT2D eigenvalue weighted by Gasteiger charge is -2.34. The van der Waals surface area contributed by atoms with E-state index in [1.165, 1.54) is 23.3 Å². The first kappa shape index (κ1) is 19.1. The first-order chi connectivity index (χ1) is 13.5. The van der Waals surface area contributed by atoms with Crippen molar-refractivity contribution in [3.8, 4) is 0 Å². The van der Waals surface area contributed by atoms with Crippen molar-refractivity contribution in [2.75, 3.05) is 49.1 Å². The van der Waals surface area contributed by atoms with Crippen molar-refractivity contribution in [2.45, 2.75) is 24.7 Å². The Morgan fingerprint density at radius 1 is 0.893 bits per heavy atom. The van der Waals surface area contributed by atoms with Crippen LogP contribution in [0.4, 0.5) is 11.6 Å². The third-order valence-electron chi connectivity index (χ3n) is 5.58. The van der Waals surface area contributed by atoms with Gasteiger partial charge in [-0.25, -0.2) is 8.42 Å². The summed E-state index contributed by atoms with van der Waals surface area (Å²) in [6.45, 7) is 6.37. The van der Waals surface area contributed by atoms with Gasteiger partial charge in [0.15, 0.2) is 11.6 Å². The first-order valence-electron chi connectivity index (χ1n) is 9.78. The Bertz CT molecular complexity index is 874. The fourth-order valence-electron chi connectivity index (χ4n) is 3.70. The number of piperazine rings is 1. The summed E-state index contributed by atoms with van der Waals surface area (Å²) < 4.78 is 26.9. The van der Waals surface area contributed by atoms with Gasteiger partial charge in [-0.2, -0.15) is 4.31 Å². The van der Waals surface area contributed by atoms with Crippen LogP contribution >= 0.6 is 0 Å². The van der Waals surface area contributed by atoms with Crippen LogP contribution in [0.25, 0.3) is 0 Å². The minimum atomic E-state index is -3.49. The Labute approximate surface area is 166 Å². The van der Waals surface area contributed by atoms with Crippen molar-refractivity contribution >= 4 is 21.7 Å². The second-order valence-electron chi connectivity index (χ2n) is 7.50. The summed E-state index contributed by atoms with van der Waals surface area (Å²) in [4.78, 5) is 8.53. The summed E-state index contributed by atoms with van der Waals surface area (Å²) >= 11 is 0. The maximum atomic E-state index is 12.7. The largest absolute Gasteiger partial charge is 0.355 e. The molecule has 2 fully saturated rings. The molecular weight excluding hydrogens is 376 g/mol. The molecule has 0 unspecified atom stereocenters. The molecule has 4 heterocycles. The van der Waals surface area contributed by atoms with Gasteiger partial charge in [-0.3, -0.25) is 4.98 Å². The van der Waals surface area contributed by atoms with Gasteiger partial charge in [0.05, 0.1) is 0 Å². The van der Waals surface area contributed by atoms with Gasteiger partial charge in [0, 0.05) is 51.7 Å². The zero-order valence-electron chi connectivity index (χ0n) is 16.1. The number of pyridine rings is 1. The van der Waals surface area contributed by atoms with Crippen LogP contribution in [0.5, 0.6) is 0 Å². The predicted octanol–water partition coefficient (Wildman–Crippen LogP) is 1.62. The number of sulfonamides is 1. The van der Waals surface area contributed by atoms with Crippen LogP contribution in [0.15, 0.2) is 41.6 Å². The highest BCUT2D eigenvalue weighted by atomic mass is 32.2. The number of nitrogens with zero attached hydrogens (tertiary/aromatic N) is 6. The molecule has 28 heavy (non-hydrogen) atoms. The minimum Gasteiger partial charge on any atom is -0.355 e. The van der Waals surface area contributed by atoms with E-state index in [1.54, 1.807) is 18.3 Å². The first-order valence-corrected chi connectivity index (χ1v) is 11.2. The zero-order valence-corrected chi connectivity index (χ0v) is 16.9. The highest BCUT2D eigenvalue weighted by Gasteiger charge is 2.29. The standard InChI is InChI=1S/C19H26N6O2S/c1-16-6-9-23(10-7-16)18-4-5-19(22-21-18)24-11-13-25(14-12-24)28(26,27)17-3-2-8-20-15-17/h2-5,8,15-16H,6-7,9-14H2,1H3. The molecule has 0 saturated carbocycles. The number of piperidine rings is 1. The van der Waals surface area contributed by atoms with Crippen molar-refractivity contribution in [1.82, 2.24) is 19.5 Å². The normalized spacial score (nSPS) is 19.8. The molecule has 150 valence electrons. The van der Waals surface area contributed by atoms with Crippen LogP contribution in [0.2, 0.25) is 0 Å². The molecule has 0 aliphatic carbocycles. The maximum Gasteiger partial charge on any atom is 0.244 e. The van der Waals surface area contributed by atoms with Crippen LogP contribution in [-0.4, -0.2) is 67.2 Å². The monoisotopic (exact) mass is 402 g/mol. The lowest BCUT2D eigenvalue weighted by Crippen LogP contribution is -2.49. The highest BCUT2D eigenvalue weighted by Crippen LogP contribution is 2.23. The minimum absolute atomic E-state index is 0.239. The molecule has 0 amide bonds. The van der Waals surface area contributed by atoms with Gasteiger partial charge in [-0.1, -0.05) is 6.92 Å². The Balaban J connectivity index is 1.37. The van der Waals surface area contributed by atoms with E-state index < -0.39 is 10.0 Å². The van der Waals surface area contributed by atoms with Gasteiger partial charge in [-0.15, -0.1) is 10.2 Å². The summed E-state index contributed by atoms with van der Waals surface area (Å²) in [5.74, 6) is 2.50. The van der Waals surface area contributed by atoms with Gasteiger partial charge in [0.25, 0.3) is 0 Å². The zero-order chi connectivity index (χ0) is 19.6. The molecule has 2 aliphatic heterocycles. The van der Waals surface area contributed by atoms with Crippen molar-refractivity contribution in [3.63, 3.8) is 0 Å². The van der Waals surface area contributed by atoms with Crippen molar-refractivity contribution in [3.05, 3.63) is 36.7 Å². The van der Waals surface area contributed by atoms with E-state index in [4.69, 9.17) is 0 Å². The van der Waals surface area contributed by atoms with Crippen LogP contribution < -0.4 is 9.80 Å². The quantitative estimate of drug-likeness (QED) is 0.768. The third kappa shape index (κ3) is 3.95. The molecule has 9 heteroatoms. The van der Waals surface area contributed by atoms with E-state index in [-0.39, 0.29) is 4.90 Å². The Morgan fingerprint density at radius 3 is 2.04 bits per heavy atom. The number of aromatic nitrogens is 3. The lowest BCUT2D eigenvalue weighted by atomic mass is 9.99. The molecule has 2 aromatic rings. The Kier molecular flexibility index (Phi) is 5.45.